The van der Waals surface area contributed by atoms with E-state index in [0.29, 0.717) is 18.3 Å². The first kappa shape index (κ1) is 13.1. The van der Waals surface area contributed by atoms with Gasteiger partial charge in [-0.25, -0.2) is 0 Å². The molecule has 5 nitrogen and oxygen atoms in total. The maximum absolute atomic E-state index is 5.75. The SMILES string of the molecule is CC(c1nnc(-c2cccs2)o1)N(C)Cc1ccco1. The molecule has 3 heterocycles. The van der Waals surface area contributed by atoms with Crippen molar-refractivity contribution in [1.82, 2.24) is 15.1 Å². The second-order valence-corrected chi connectivity index (χ2v) is 5.54. The van der Waals surface area contributed by atoms with E-state index in [1.807, 2.05) is 43.6 Å². The molecule has 0 aliphatic heterocycles. The highest BCUT2D eigenvalue weighted by atomic mass is 32.1. The summed E-state index contributed by atoms with van der Waals surface area (Å²) < 4.78 is 11.1. The van der Waals surface area contributed by atoms with E-state index in [2.05, 4.69) is 15.1 Å². The lowest BCUT2D eigenvalue weighted by Gasteiger charge is -2.20. The van der Waals surface area contributed by atoms with E-state index in [4.69, 9.17) is 8.83 Å². The van der Waals surface area contributed by atoms with Gasteiger partial charge in [0.1, 0.15) is 5.76 Å². The summed E-state index contributed by atoms with van der Waals surface area (Å²) in [4.78, 5) is 3.09. The van der Waals surface area contributed by atoms with Gasteiger partial charge >= 0.3 is 0 Å². The van der Waals surface area contributed by atoms with Crippen LogP contribution in [0.25, 0.3) is 10.8 Å². The predicted molar refractivity (Wildman–Crippen MR) is 76.2 cm³/mol. The summed E-state index contributed by atoms with van der Waals surface area (Å²) in [6.07, 6.45) is 1.68. The van der Waals surface area contributed by atoms with Crippen molar-refractivity contribution in [3.05, 3.63) is 47.6 Å². The molecular weight excluding hydrogens is 274 g/mol. The Kier molecular flexibility index (Phi) is 3.66. The number of rotatable bonds is 5. The van der Waals surface area contributed by atoms with Crippen LogP contribution in [0.15, 0.2) is 44.7 Å². The van der Waals surface area contributed by atoms with Gasteiger partial charge in [0.25, 0.3) is 5.89 Å². The van der Waals surface area contributed by atoms with E-state index >= 15 is 0 Å². The zero-order valence-corrected chi connectivity index (χ0v) is 12.1. The van der Waals surface area contributed by atoms with E-state index in [-0.39, 0.29) is 6.04 Å². The average molecular weight is 289 g/mol. The van der Waals surface area contributed by atoms with Gasteiger partial charge in [0, 0.05) is 0 Å². The van der Waals surface area contributed by atoms with Crippen LogP contribution in [0.5, 0.6) is 0 Å². The van der Waals surface area contributed by atoms with Gasteiger partial charge in [-0.2, -0.15) is 0 Å². The van der Waals surface area contributed by atoms with Crippen molar-refractivity contribution < 1.29 is 8.83 Å². The lowest BCUT2D eigenvalue weighted by atomic mass is 10.3. The highest BCUT2D eigenvalue weighted by Gasteiger charge is 2.20. The molecule has 0 radical (unpaired) electrons. The third-order valence-electron chi connectivity index (χ3n) is 3.18. The van der Waals surface area contributed by atoms with E-state index in [1.54, 1.807) is 17.6 Å². The first-order valence-corrected chi connectivity index (χ1v) is 7.22. The quantitative estimate of drug-likeness (QED) is 0.718. The molecule has 0 spiro atoms. The largest absolute Gasteiger partial charge is 0.468 e. The van der Waals surface area contributed by atoms with Crippen molar-refractivity contribution in [3.63, 3.8) is 0 Å². The molecule has 0 saturated heterocycles. The molecule has 0 fully saturated rings. The Bertz CT molecular complexity index is 646. The molecule has 3 aromatic rings. The summed E-state index contributed by atoms with van der Waals surface area (Å²) in [5.74, 6) is 2.10. The van der Waals surface area contributed by atoms with Gasteiger partial charge in [0.15, 0.2) is 0 Å². The first-order chi connectivity index (χ1) is 9.74. The van der Waals surface area contributed by atoms with Crippen LogP contribution in [0.4, 0.5) is 0 Å². The molecule has 0 amide bonds. The zero-order valence-electron chi connectivity index (χ0n) is 11.3. The van der Waals surface area contributed by atoms with E-state index in [9.17, 15) is 0 Å². The normalized spacial score (nSPS) is 12.9. The standard InChI is InChI=1S/C14H15N3O2S/c1-10(17(2)9-11-5-3-7-18-11)13-15-16-14(19-13)12-6-4-8-20-12/h3-8,10H,9H2,1-2H3. The Balaban J connectivity index is 1.72. The number of thiophene rings is 1. The minimum atomic E-state index is 0.0290. The molecule has 0 aliphatic carbocycles. The van der Waals surface area contributed by atoms with Crippen LogP contribution >= 0.6 is 11.3 Å². The van der Waals surface area contributed by atoms with Gasteiger partial charge in [0.2, 0.25) is 5.89 Å². The fourth-order valence-electron chi connectivity index (χ4n) is 1.88. The van der Waals surface area contributed by atoms with Crippen LogP contribution in [-0.2, 0) is 6.54 Å². The summed E-state index contributed by atoms with van der Waals surface area (Å²) in [6, 6.07) is 7.81. The third kappa shape index (κ3) is 2.66. The number of hydrogen-bond donors (Lipinski definition) is 0. The monoisotopic (exact) mass is 289 g/mol. The smallest absolute Gasteiger partial charge is 0.257 e. The Hall–Kier alpha value is -1.92. The van der Waals surface area contributed by atoms with Crippen LogP contribution < -0.4 is 0 Å². The molecule has 3 rings (SSSR count). The summed E-state index contributed by atoms with van der Waals surface area (Å²) in [5.41, 5.74) is 0. The van der Waals surface area contributed by atoms with Gasteiger partial charge < -0.3 is 8.83 Å². The summed E-state index contributed by atoms with van der Waals surface area (Å²) >= 11 is 1.59. The zero-order chi connectivity index (χ0) is 13.9. The van der Waals surface area contributed by atoms with Crippen molar-refractivity contribution in [2.75, 3.05) is 7.05 Å². The second kappa shape index (κ2) is 5.60. The average Bonchev–Trinajstić information content (AvgIpc) is 3.18. The van der Waals surface area contributed by atoms with Crippen molar-refractivity contribution in [3.8, 4) is 10.8 Å². The number of furan rings is 1. The van der Waals surface area contributed by atoms with Crippen LogP contribution in [0.2, 0.25) is 0 Å². The van der Waals surface area contributed by atoms with E-state index in [1.165, 1.54) is 0 Å². The number of nitrogens with zero attached hydrogens (tertiary/aromatic N) is 3. The molecule has 1 atom stereocenters. The molecule has 20 heavy (non-hydrogen) atoms. The lowest BCUT2D eigenvalue weighted by Crippen LogP contribution is -2.21. The van der Waals surface area contributed by atoms with Gasteiger partial charge in [-0.15, -0.1) is 21.5 Å². The van der Waals surface area contributed by atoms with Crippen LogP contribution in [0, 0.1) is 0 Å². The molecule has 0 saturated carbocycles. The van der Waals surface area contributed by atoms with Crippen LogP contribution in [0.3, 0.4) is 0 Å². The molecule has 0 N–H and O–H groups in total. The predicted octanol–water partition coefficient (Wildman–Crippen LogP) is 3.58. The first-order valence-electron chi connectivity index (χ1n) is 6.34. The van der Waals surface area contributed by atoms with Crippen LogP contribution in [-0.4, -0.2) is 22.1 Å². The molecule has 0 bridgehead atoms. The van der Waals surface area contributed by atoms with Gasteiger partial charge in [-0.3, -0.25) is 4.90 Å². The second-order valence-electron chi connectivity index (χ2n) is 4.59. The van der Waals surface area contributed by atoms with Gasteiger partial charge in [-0.1, -0.05) is 6.07 Å². The Labute approximate surface area is 120 Å². The Morgan fingerprint density at radius 3 is 2.90 bits per heavy atom. The van der Waals surface area contributed by atoms with Crippen molar-refractivity contribution in [2.24, 2.45) is 0 Å². The summed E-state index contributed by atoms with van der Waals surface area (Å²) in [5, 5.41) is 10.2. The minimum absolute atomic E-state index is 0.0290. The van der Waals surface area contributed by atoms with Gasteiger partial charge in [0.05, 0.1) is 23.7 Å². The van der Waals surface area contributed by atoms with Gasteiger partial charge in [-0.05, 0) is 37.6 Å². The Morgan fingerprint density at radius 1 is 1.30 bits per heavy atom. The number of aromatic nitrogens is 2. The topological polar surface area (TPSA) is 55.3 Å². The van der Waals surface area contributed by atoms with E-state index in [0.717, 1.165) is 10.6 Å². The fourth-order valence-corrected chi connectivity index (χ4v) is 2.52. The number of hydrogen-bond acceptors (Lipinski definition) is 6. The van der Waals surface area contributed by atoms with Crippen molar-refractivity contribution >= 4 is 11.3 Å². The maximum atomic E-state index is 5.75. The van der Waals surface area contributed by atoms with Crippen molar-refractivity contribution in [1.29, 1.82) is 0 Å². The molecule has 0 aromatic carbocycles. The molecule has 1 unspecified atom stereocenters. The summed E-state index contributed by atoms with van der Waals surface area (Å²) in [7, 11) is 2.00. The molecule has 6 heteroatoms. The fraction of sp³-hybridized carbons (Fsp3) is 0.286. The molecule has 104 valence electrons. The third-order valence-corrected chi connectivity index (χ3v) is 4.03. The maximum Gasteiger partial charge on any atom is 0.257 e. The van der Waals surface area contributed by atoms with Crippen molar-refractivity contribution in [2.45, 2.75) is 19.5 Å². The highest BCUT2D eigenvalue weighted by Crippen LogP contribution is 2.26. The Morgan fingerprint density at radius 2 is 2.20 bits per heavy atom. The van der Waals surface area contributed by atoms with E-state index < -0.39 is 0 Å². The highest BCUT2D eigenvalue weighted by molar-refractivity contribution is 7.13. The minimum Gasteiger partial charge on any atom is -0.468 e. The molecule has 0 aliphatic rings. The van der Waals surface area contributed by atoms with Crippen LogP contribution in [0.1, 0.15) is 24.6 Å². The summed E-state index contributed by atoms with van der Waals surface area (Å²) in [6.45, 7) is 2.74. The molecule has 3 aromatic heterocycles. The molecular formula is C14H15N3O2S. The lowest BCUT2D eigenvalue weighted by molar-refractivity contribution is 0.203.